The van der Waals surface area contributed by atoms with E-state index in [-0.39, 0.29) is 17.1 Å². The van der Waals surface area contributed by atoms with E-state index in [0.717, 1.165) is 0 Å². The highest BCUT2D eigenvalue weighted by Crippen LogP contribution is 2.25. The summed E-state index contributed by atoms with van der Waals surface area (Å²) in [4.78, 5) is 24.4. The van der Waals surface area contributed by atoms with Crippen LogP contribution in [-0.2, 0) is 16.0 Å². The van der Waals surface area contributed by atoms with Gasteiger partial charge >= 0.3 is 5.97 Å². The Morgan fingerprint density at radius 3 is 2.58 bits per heavy atom. The van der Waals surface area contributed by atoms with Gasteiger partial charge in [0, 0.05) is 18.5 Å². The zero-order chi connectivity index (χ0) is 22.2. The number of carbonyl (C=O) groups is 2. The minimum Gasteiger partial charge on any atom is -0.497 e. The predicted molar refractivity (Wildman–Crippen MR) is 116 cm³/mol. The van der Waals surface area contributed by atoms with Crippen LogP contribution < -0.4 is 10.1 Å². The number of hydrogen-bond acceptors (Lipinski definition) is 8. The molecule has 31 heavy (non-hydrogen) atoms. The summed E-state index contributed by atoms with van der Waals surface area (Å²) in [7, 11) is 1.58. The first-order valence-corrected chi connectivity index (χ1v) is 10.9. The zero-order valence-electron chi connectivity index (χ0n) is 17.7. The van der Waals surface area contributed by atoms with E-state index < -0.39 is 0 Å². The Morgan fingerprint density at radius 1 is 1.13 bits per heavy atom. The first-order chi connectivity index (χ1) is 15.0. The van der Waals surface area contributed by atoms with Crippen LogP contribution in [0.1, 0.15) is 36.5 Å². The van der Waals surface area contributed by atoms with Gasteiger partial charge in [-0.25, -0.2) is 0 Å². The van der Waals surface area contributed by atoms with Crippen LogP contribution in [0.3, 0.4) is 0 Å². The van der Waals surface area contributed by atoms with Crippen molar-refractivity contribution in [1.29, 1.82) is 0 Å². The van der Waals surface area contributed by atoms with Crippen molar-refractivity contribution < 1.29 is 19.1 Å². The third kappa shape index (κ3) is 5.72. The summed E-state index contributed by atoms with van der Waals surface area (Å²) < 4.78 is 11.9. The minimum absolute atomic E-state index is 0.180. The predicted octanol–water partition coefficient (Wildman–Crippen LogP) is 2.54. The molecule has 1 aromatic carbocycles. The van der Waals surface area contributed by atoms with Gasteiger partial charge in [-0.3, -0.25) is 9.59 Å². The second-order valence-corrected chi connectivity index (χ2v) is 7.78. The molecule has 2 heterocycles. The van der Waals surface area contributed by atoms with Crippen LogP contribution in [0.4, 0.5) is 0 Å². The Hall–Kier alpha value is -3.14. The molecule has 0 aliphatic carbocycles. The summed E-state index contributed by atoms with van der Waals surface area (Å²) in [6.07, 6.45) is 1.09. The topological polar surface area (TPSA) is 108 Å². The van der Waals surface area contributed by atoms with E-state index in [0.29, 0.717) is 53.8 Å². The summed E-state index contributed by atoms with van der Waals surface area (Å²) in [5.74, 6) is 0.888. The summed E-state index contributed by atoms with van der Waals surface area (Å²) >= 11 is 1.35. The van der Waals surface area contributed by atoms with Crippen LogP contribution in [0.25, 0.3) is 5.65 Å². The van der Waals surface area contributed by atoms with Gasteiger partial charge in [-0.05, 0) is 49.7 Å². The number of amides is 1. The molecule has 0 unspecified atom stereocenters. The Kier molecular flexibility index (Phi) is 7.82. The van der Waals surface area contributed by atoms with Crippen molar-refractivity contribution in [3.63, 3.8) is 0 Å². The lowest BCUT2D eigenvalue weighted by molar-refractivity contribution is -0.142. The van der Waals surface area contributed by atoms with Gasteiger partial charge in [-0.2, -0.15) is 9.61 Å². The van der Waals surface area contributed by atoms with Crippen molar-refractivity contribution in [2.24, 2.45) is 0 Å². The summed E-state index contributed by atoms with van der Waals surface area (Å²) in [5.41, 5.74) is 1.15. The lowest BCUT2D eigenvalue weighted by Gasteiger charge is -2.12. The molecule has 164 valence electrons. The molecule has 1 atom stereocenters. The molecule has 0 fully saturated rings. The summed E-state index contributed by atoms with van der Waals surface area (Å²) in [6.45, 7) is 4.45. The van der Waals surface area contributed by atoms with E-state index in [1.165, 1.54) is 11.8 Å². The lowest BCUT2D eigenvalue weighted by atomic mass is 10.2. The maximum atomic E-state index is 12.3. The SMILES string of the molecule is CCOC(=O)[C@H](CC)Sc1ccc2nnc(CCNC(=O)c3ccc(OC)cc3)n2n1. The zero-order valence-corrected chi connectivity index (χ0v) is 18.5. The average molecular weight is 444 g/mol. The number of fused-ring (bicyclic) bond motifs is 1. The van der Waals surface area contributed by atoms with Crippen molar-refractivity contribution in [2.75, 3.05) is 20.3 Å². The fourth-order valence-electron chi connectivity index (χ4n) is 2.85. The van der Waals surface area contributed by atoms with Crippen LogP contribution in [0.15, 0.2) is 41.4 Å². The van der Waals surface area contributed by atoms with E-state index in [9.17, 15) is 9.59 Å². The fraction of sp³-hybridized carbons (Fsp3) is 0.381. The van der Waals surface area contributed by atoms with Crippen LogP contribution in [0.5, 0.6) is 5.75 Å². The summed E-state index contributed by atoms with van der Waals surface area (Å²) in [6, 6.07) is 10.5. The number of hydrogen-bond donors (Lipinski definition) is 1. The Morgan fingerprint density at radius 2 is 1.90 bits per heavy atom. The molecule has 1 N–H and O–H groups in total. The molecule has 0 saturated carbocycles. The van der Waals surface area contributed by atoms with E-state index in [2.05, 4.69) is 20.6 Å². The number of ether oxygens (including phenoxy) is 2. The number of nitrogens with zero attached hydrogens (tertiary/aromatic N) is 4. The number of thioether (sulfide) groups is 1. The van der Waals surface area contributed by atoms with Gasteiger partial charge in [0.2, 0.25) is 0 Å². The highest BCUT2D eigenvalue weighted by molar-refractivity contribution is 8.00. The number of rotatable bonds is 10. The van der Waals surface area contributed by atoms with Gasteiger partial charge < -0.3 is 14.8 Å². The third-order valence-electron chi connectivity index (χ3n) is 4.47. The number of benzene rings is 1. The van der Waals surface area contributed by atoms with Crippen LogP contribution >= 0.6 is 11.8 Å². The molecular formula is C21H25N5O4S. The van der Waals surface area contributed by atoms with Gasteiger partial charge in [0.05, 0.1) is 13.7 Å². The molecule has 0 aliphatic heterocycles. The van der Waals surface area contributed by atoms with Gasteiger partial charge in [0.25, 0.3) is 5.91 Å². The summed E-state index contributed by atoms with van der Waals surface area (Å²) in [5, 5.41) is 16.1. The van der Waals surface area contributed by atoms with Crippen molar-refractivity contribution in [1.82, 2.24) is 25.1 Å². The van der Waals surface area contributed by atoms with E-state index in [1.807, 2.05) is 13.0 Å². The van der Waals surface area contributed by atoms with Crippen molar-refractivity contribution in [2.45, 2.75) is 37.0 Å². The maximum Gasteiger partial charge on any atom is 0.319 e. The quantitative estimate of drug-likeness (QED) is 0.376. The monoisotopic (exact) mass is 443 g/mol. The largest absolute Gasteiger partial charge is 0.497 e. The molecule has 0 bridgehead atoms. The van der Waals surface area contributed by atoms with Crippen LogP contribution in [-0.4, -0.2) is 57.2 Å². The molecule has 0 spiro atoms. The first kappa shape index (κ1) is 22.5. The smallest absolute Gasteiger partial charge is 0.319 e. The molecular weight excluding hydrogens is 418 g/mol. The van der Waals surface area contributed by atoms with Crippen LogP contribution in [0, 0.1) is 0 Å². The second kappa shape index (κ2) is 10.8. The highest BCUT2D eigenvalue weighted by atomic mass is 32.2. The normalized spacial score (nSPS) is 11.8. The maximum absolute atomic E-state index is 12.3. The van der Waals surface area contributed by atoms with Crippen molar-refractivity contribution in [3.8, 4) is 5.75 Å². The standard InChI is InChI=1S/C21H25N5O4S/c1-4-16(21(28)30-5-2)31-19-11-10-17-23-24-18(26(17)25-19)12-13-22-20(27)14-6-8-15(29-3)9-7-14/h6-11,16H,4-5,12-13H2,1-3H3,(H,22,27)/t16-/m0/s1. The van der Waals surface area contributed by atoms with Gasteiger partial charge in [-0.1, -0.05) is 18.7 Å². The Balaban J connectivity index is 1.63. The van der Waals surface area contributed by atoms with Gasteiger partial charge in [-0.15, -0.1) is 10.2 Å². The Bertz CT molecular complexity index is 1040. The molecule has 0 saturated heterocycles. The molecule has 0 radical (unpaired) electrons. The number of carbonyl (C=O) groups excluding carboxylic acids is 2. The molecule has 9 nitrogen and oxygen atoms in total. The highest BCUT2D eigenvalue weighted by Gasteiger charge is 2.20. The number of nitrogens with one attached hydrogen (secondary N) is 1. The molecule has 2 aromatic heterocycles. The number of aromatic nitrogens is 4. The van der Waals surface area contributed by atoms with Crippen molar-refractivity contribution >= 4 is 29.3 Å². The number of esters is 1. The van der Waals surface area contributed by atoms with E-state index in [1.54, 1.807) is 48.9 Å². The third-order valence-corrected chi connectivity index (χ3v) is 5.74. The molecule has 1 amide bonds. The van der Waals surface area contributed by atoms with E-state index in [4.69, 9.17) is 9.47 Å². The van der Waals surface area contributed by atoms with Gasteiger partial charge in [0.1, 0.15) is 16.0 Å². The molecule has 3 aromatic rings. The second-order valence-electron chi connectivity index (χ2n) is 6.56. The molecule has 3 rings (SSSR count). The first-order valence-electron chi connectivity index (χ1n) is 10.0. The van der Waals surface area contributed by atoms with E-state index >= 15 is 0 Å². The average Bonchev–Trinajstić information content (AvgIpc) is 3.19. The van der Waals surface area contributed by atoms with Crippen molar-refractivity contribution in [3.05, 3.63) is 47.8 Å². The van der Waals surface area contributed by atoms with Gasteiger partial charge in [0.15, 0.2) is 11.5 Å². The molecule has 10 heteroatoms. The number of methoxy groups -OCH3 is 1. The molecule has 0 aliphatic rings. The fourth-order valence-corrected chi connectivity index (χ4v) is 3.74. The minimum atomic E-state index is -0.325. The van der Waals surface area contributed by atoms with Crippen LogP contribution in [0.2, 0.25) is 0 Å². The lowest BCUT2D eigenvalue weighted by Crippen LogP contribution is -2.26. The Labute approximate surface area is 184 Å².